The predicted molar refractivity (Wildman–Crippen MR) is 102 cm³/mol. The maximum atomic E-state index is 12.4. The first-order valence-corrected chi connectivity index (χ1v) is 9.47. The van der Waals surface area contributed by atoms with Crippen LogP contribution >= 0.6 is 0 Å². The van der Waals surface area contributed by atoms with E-state index in [4.69, 9.17) is 4.74 Å². The molecule has 144 valence electrons. The van der Waals surface area contributed by atoms with Gasteiger partial charge in [-0.25, -0.2) is 0 Å². The molecule has 1 aromatic rings. The van der Waals surface area contributed by atoms with Crippen molar-refractivity contribution < 1.29 is 14.3 Å². The van der Waals surface area contributed by atoms with Crippen LogP contribution in [0, 0.1) is 0 Å². The normalized spacial score (nSPS) is 16.2. The quantitative estimate of drug-likeness (QED) is 0.765. The summed E-state index contributed by atoms with van der Waals surface area (Å²) >= 11 is 0. The van der Waals surface area contributed by atoms with Crippen LogP contribution in [0.2, 0.25) is 0 Å². The molecule has 1 atom stereocenters. The van der Waals surface area contributed by atoms with E-state index in [2.05, 4.69) is 10.2 Å². The number of nitrogens with one attached hydrogen (secondary N) is 1. The van der Waals surface area contributed by atoms with E-state index in [0.717, 1.165) is 37.2 Å². The highest BCUT2D eigenvalue weighted by Gasteiger charge is 2.27. The van der Waals surface area contributed by atoms with Gasteiger partial charge >= 0.3 is 0 Å². The lowest BCUT2D eigenvalue weighted by Gasteiger charge is -2.37. The lowest BCUT2D eigenvalue weighted by Crippen LogP contribution is -2.55. The maximum Gasteiger partial charge on any atom is 0.237 e. The molecular weight excluding hydrogens is 330 g/mol. The van der Waals surface area contributed by atoms with Gasteiger partial charge in [-0.1, -0.05) is 19.1 Å². The van der Waals surface area contributed by atoms with Gasteiger partial charge in [0.25, 0.3) is 0 Å². The molecule has 1 aromatic carbocycles. The molecule has 0 bridgehead atoms. The molecule has 2 rings (SSSR count). The molecule has 1 aliphatic rings. The van der Waals surface area contributed by atoms with Crippen molar-refractivity contribution in [3.05, 3.63) is 29.8 Å². The largest absolute Gasteiger partial charge is 0.497 e. The van der Waals surface area contributed by atoms with Gasteiger partial charge < -0.3 is 15.0 Å². The molecule has 1 N–H and O–H groups in total. The molecule has 1 saturated heterocycles. The molecule has 1 unspecified atom stereocenters. The number of amides is 2. The second-order valence-electron chi connectivity index (χ2n) is 6.73. The zero-order chi connectivity index (χ0) is 18.9. The highest BCUT2D eigenvalue weighted by molar-refractivity contribution is 5.81. The average molecular weight is 361 g/mol. The third kappa shape index (κ3) is 5.73. The average Bonchev–Trinajstić information content (AvgIpc) is 2.70. The molecule has 1 fully saturated rings. The Morgan fingerprint density at radius 2 is 1.81 bits per heavy atom. The Balaban J connectivity index is 1.74. The minimum Gasteiger partial charge on any atom is -0.497 e. The Hall–Kier alpha value is -2.08. The fraction of sp³-hybridized carbons (Fsp3) is 0.600. The van der Waals surface area contributed by atoms with Crippen LogP contribution in [0.15, 0.2) is 24.3 Å². The molecule has 0 aliphatic carbocycles. The summed E-state index contributed by atoms with van der Waals surface area (Å²) in [5.41, 5.74) is 1.14. The summed E-state index contributed by atoms with van der Waals surface area (Å²) in [6, 6.07) is 7.70. The number of benzene rings is 1. The first kappa shape index (κ1) is 20.2. The van der Waals surface area contributed by atoms with Crippen LogP contribution in [0.5, 0.6) is 5.75 Å². The minimum absolute atomic E-state index is 0.0751. The molecule has 6 nitrogen and oxygen atoms in total. The van der Waals surface area contributed by atoms with Gasteiger partial charge in [0, 0.05) is 39.1 Å². The van der Waals surface area contributed by atoms with E-state index in [1.54, 1.807) is 7.11 Å². The topological polar surface area (TPSA) is 61.9 Å². The van der Waals surface area contributed by atoms with Crippen molar-refractivity contribution in [1.29, 1.82) is 0 Å². The molecule has 0 aromatic heterocycles. The van der Waals surface area contributed by atoms with Crippen LogP contribution < -0.4 is 10.1 Å². The van der Waals surface area contributed by atoms with Crippen LogP contribution in [0.3, 0.4) is 0 Å². The molecular formula is C20H31N3O3. The fourth-order valence-corrected chi connectivity index (χ4v) is 3.12. The lowest BCUT2D eigenvalue weighted by atomic mass is 10.1. The van der Waals surface area contributed by atoms with Crippen LogP contribution in [0.4, 0.5) is 0 Å². The van der Waals surface area contributed by atoms with Crippen molar-refractivity contribution in [2.75, 3.05) is 39.8 Å². The van der Waals surface area contributed by atoms with Gasteiger partial charge in [0.05, 0.1) is 13.2 Å². The maximum absolute atomic E-state index is 12.4. The van der Waals surface area contributed by atoms with E-state index in [-0.39, 0.29) is 17.9 Å². The summed E-state index contributed by atoms with van der Waals surface area (Å²) in [6.07, 6.45) is 2.19. The van der Waals surface area contributed by atoms with Crippen molar-refractivity contribution in [2.24, 2.45) is 0 Å². The monoisotopic (exact) mass is 361 g/mol. The first-order chi connectivity index (χ1) is 12.5. The second kappa shape index (κ2) is 10.2. The molecule has 0 spiro atoms. The van der Waals surface area contributed by atoms with Crippen LogP contribution in [0.1, 0.15) is 32.3 Å². The molecule has 1 heterocycles. The summed E-state index contributed by atoms with van der Waals surface area (Å²) in [4.78, 5) is 28.6. The summed E-state index contributed by atoms with van der Waals surface area (Å²) < 4.78 is 5.15. The van der Waals surface area contributed by atoms with Crippen LogP contribution in [-0.2, 0) is 16.0 Å². The van der Waals surface area contributed by atoms with Gasteiger partial charge in [-0.05, 0) is 37.5 Å². The van der Waals surface area contributed by atoms with Gasteiger partial charge in [-0.2, -0.15) is 0 Å². The number of hydrogen-bond acceptors (Lipinski definition) is 4. The number of aryl methyl sites for hydroxylation is 1. The van der Waals surface area contributed by atoms with Crippen molar-refractivity contribution in [3.63, 3.8) is 0 Å². The fourth-order valence-electron chi connectivity index (χ4n) is 3.12. The molecule has 6 heteroatoms. The number of carbonyl (C=O) groups excluding carboxylic acids is 2. The summed E-state index contributed by atoms with van der Waals surface area (Å²) in [5.74, 6) is 1.09. The lowest BCUT2D eigenvalue weighted by molar-refractivity contribution is -0.134. The van der Waals surface area contributed by atoms with Crippen molar-refractivity contribution in [1.82, 2.24) is 15.1 Å². The summed E-state index contributed by atoms with van der Waals surface area (Å²) in [6.45, 7) is 7.56. The van der Waals surface area contributed by atoms with Gasteiger partial charge in [-0.3, -0.25) is 14.5 Å². The Bertz CT molecular complexity index is 580. The number of piperazine rings is 1. The number of methoxy groups -OCH3 is 1. The highest BCUT2D eigenvalue weighted by atomic mass is 16.5. The number of ether oxygens (including phenoxy) is 1. The number of nitrogens with zero attached hydrogens (tertiary/aromatic N) is 2. The zero-order valence-corrected chi connectivity index (χ0v) is 16.2. The number of hydrogen-bond donors (Lipinski definition) is 1. The van der Waals surface area contributed by atoms with Crippen molar-refractivity contribution in [2.45, 2.75) is 39.2 Å². The van der Waals surface area contributed by atoms with Crippen molar-refractivity contribution >= 4 is 11.8 Å². The highest BCUT2D eigenvalue weighted by Crippen LogP contribution is 2.14. The van der Waals surface area contributed by atoms with E-state index in [9.17, 15) is 9.59 Å². The molecule has 0 saturated carbocycles. The predicted octanol–water partition coefficient (Wildman–Crippen LogP) is 1.69. The second-order valence-corrected chi connectivity index (χ2v) is 6.73. The van der Waals surface area contributed by atoms with E-state index in [0.29, 0.717) is 26.1 Å². The summed E-state index contributed by atoms with van der Waals surface area (Å²) in [7, 11) is 1.65. The van der Waals surface area contributed by atoms with Gasteiger partial charge in [-0.15, -0.1) is 0 Å². The standard InChI is InChI=1S/C20H31N3O3/c1-4-11-21-20(25)16(2)22-12-14-23(15-13-22)19(24)10-7-17-5-8-18(26-3)9-6-17/h5-6,8-9,16H,4,7,10-15H2,1-3H3,(H,21,25). The van der Waals surface area contributed by atoms with Crippen molar-refractivity contribution in [3.8, 4) is 5.75 Å². The summed E-state index contributed by atoms with van der Waals surface area (Å²) in [5, 5.41) is 2.94. The van der Waals surface area contributed by atoms with E-state index < -0.39 is 0 Å². The zero-order valence-electron chi connectivity index (χ0n) is 16.2. The molecule has 26 heavy (non-hydrogen) atoms. The third-order valence-corrected chi connectivity index (χ3v) is 4.93. The van der Waals surface area contributed by atoms with Gasteiger partial charge in [0.1, 0.15) is 5.75 Å². The Kier molecular flexibility index (Phi) is 7.91. The van der Waals surface area contributed by atoms with Gasteiger partial charge in [0.2, 0.25) is 11.8 Å². The third-order valence-electron chi connectivity index (χ3n) is 4.93. The van der Waals surface area contributed by atoms with Crippen LogP contribution in [0.25, 0.3) is 0 Å². The van der Waals surface area contributed by atoms with E-state index in [1.807, 2.05) is 43.0 Å². The number of carbonyl (C=O) groups is 2. The van der Waals surface area contributed by atoms with Crippen LogP contribution in [-0.4, -0.2) is 67.5 Å². The number of rotatable bonds is 8. The Labute approximate surface area is 156 Å². The molecule has 1 aliphatic heterocycles. The smallest absolute Gasteiger partial charge is 0.237 e. The Morgan fingerprint density at radius 3 is 2.38 bits per heavy atom. The molecule has 2 amide bonds. The first-order valence-electron chi connectivity index (χ1n) is 9.47. The van der Waals surface area contributed by atoms with Gasteiger partial charge in [0.15, 0.2) is 0 Å². The van der Waals surface area contributed by atoms with E-state index >= 15 is 0 Å². The molecule has 0 radical (unpaired) electrons. The minimum atomic E-state index is -0.141. The SMILES string of the molecule is CCCNC(=O)C(C)N1CCN(C(=O)CCc2ccc(OC)cc2)CC1. The van der Waals surface area contributed by atoms with E-state index in [1.165, 1.54) is 0 Å². The Morgan fingerprint density at radius 1 is 1.15 bits per heavy atom.